The summed E-state index contributed by atoms with van der Waals surface area (Å²) >= 11 is 5.47. The van der Waals surface area contributed by atoms with Crippen LogP contribution in [0.25, 0.3) is 0 Å². The first-order valence-corrected chi connectivity index (χ1v) is 3.53. The molecule has 1 nitrogen and oxygen atoms in total. The summed E-state index contributed by atoms with van der Waals surface area (Å²) in [4.78, 5) is 3.51. The van der Waals surface area contributed by atoms with Gasteiger partial charge in [0.05, 0.1) is 17.1 Å². The van der Waals surface area contributed by atoms with E-state index < -0.39 is 12.6 Å². The van der Waals surface area contributed by atoms with E-state index in [2.05, 4.69) is 4.98 Å². The molecule has 0 aliphatic rings. The van der Waals surface area contributed by atoms with Gasteiger partial charge in [0.2, 0.25) is 0 Å². The van der Waals surface area contributed by atoms with E-state index in [4.69, 9.17) is 11.6 Å². The Kier molecular flexibility index (Phi) is 2.57. The molecule has 1 heterocycles. The van der Waals surface area contributed by atoms with Gasteiger partial charge in [0, 0.05) is 6.20 Å². The first-order valence-electron chi connectivity index (χ1n) is 3.15. The highest BCUT2D eigenvalue weighted by Crippen LogP contribution is 2.23. The Morgan fingerprint density at radius 3 is 2.58 bits per heavy atom. The molecule has 0 bridgehead atoms. The van der Waals surface area contributed by atoms with E-state index in [-0.39, 0.29) is 10.7 Å². The Morgan fingerprint density at radius 1 is 1.42 bits per heavy atom. The average molecular weight is 196 g/mol. The van der Waals surface area contributed by atoms with Crippen LogP contribution in [-0.4, -0.2) is 11.2 Å². The van der Waals surface area contributed by atoms with Crippen molar-refractivity contribution < 1.29 is 13.2 Å². The molecular formula is C7H5ClF3N. The standard InChI is InChI=1S/C7H5ClF3N/c8-5-2-1-3-12-6(5)4-7(9,10)11/h1-3H,4H2. The van der Waals surface area contributed by atoms with Crippen LogP contribution in [0.15, 0.2) is 18.3 Å². The molecule has 0 saturated heterocycles. The smallest absolute Gasteiger partial charge is 0.259 e. The van der Waals surface area contributed by atoms with Crippen molar-refractivity contribution >= 4 is 11.6 Å². The number of nitrogens with zero attached hydrogens (tertiary/aromatic N) is 1. The molecule has 0 N–H and O–H groups in total. The lowest BCUT2D eigenvalue weighted by molar-refractivity contribution is -0.127. The quantitative estimate of drug-likeness (QED) is 0.672. The van der Waals surface area contributed by atoms with Gasteiger partial charge in [-0.1, -0.05) is 11.6 Å². The predicted molar refractivity (Wildman–Crippen MR) is 39.0 cm³/mol. The summed E-state index contributed by atoms with van der Waals surface area (Å²) in [5.41, 5.74) is -0.133. The minimum Gasteiger partial charge on any atom is -0.259 e. The Bertz CT molecular complexity index is 272. The van der Waals surface area contributed by atoms with Crippen molar-refractivity contribution in [2.24, 2.45) is 0 Å². The fourth-order valence-corrected chi connectivity index (χ4v) is 0.927. The van der Waals surface area contributed by atoms with Gasteiger partial charge >= 0.3 is 6.18 Å². The predicted octanol–water partition coefficient (Wildman–Crippen LogP) is 2.84. The van der Waals surface area contributed by atoms with Gasteiger partial charge in [-0.3, -0.25) is 4.98 Å². The molecule has 0 aromatic carbocycles. The molecule has 0 amide bonds. The Labute approximate surface area is 72.2 Å². The van der Waals surface area contributed by atoms with Crippen LogP contribution in [0.1, 0.15) is 5.69 Å². The second-order valence-electron chi connectivity index (χ2n) is 2.22. The monoisotopic (exact) mass is 195 g/mol. The fraction of sp³-hybridized carbons (Fsp3) is 0.286. The van der Waals surface area contributed by atoms with Crippen LogP contribution in [0.2, 0.25) is 5.02 Å². The fourth-order valence-electron chi connectivity index (χ4n) is 0.738. The van der Waals surface area contributed by atoms with Crippen molar-refractivity contribution in [1.29, 1.82) is 0 Å². The number of aromatic nitrogens is 1. The van der Waals surface area contributed by atoms with Crippen LogP contribution in [0.3, 0.4) is 0 Å². The van der Waals surface area contributed by atoms with Crippen LogP contribution in [0, 0.1) is 0 Å². The summed E-state index contributed by atoms with van der Waals surface area (Å²) in [5, 5.41) is 0.0508. The molecule has 12 heavy (non-hydrogen) atoms. The number of alkyl halides is 3. The molecular weight excluding hydrogens is 191 g/mol. The molecule has 0 fully saturated rings. The minimum atomic E-state index is -4.25. The van der Waals surface area contributed by atoms with Crippen LogP contribution >= 0.6 is 11.6 Å². The normalized spacial score (nSPS) is 11.7. The largest absolute Gasteiger partial charge is 0.394 e. The molecule has 0 aliphatic heterocycles. The topological polar surface area (TPSA) is 12.9 Å². The van der Waals surface area contributed by atoms with Crippen LogP contribution in [0.5, 0.6) is 0 Å². The molecule has 0 spiro atoms. The number of halogens is 4. The van der Waals surface area contributed by atoms with E-state index in [9.17, 15) is 13.2 Å². The van der Waals surface area contributed by atoms with Crippen molar-refractivity contribution in [3.8, 4) is 0 Å². The van der Waals surface area contributed by atoms with E-state index in [0.717, 1.165) is 0 Å². The van der Waals surface area contributed by atoms with Crippen LogP contribution < -0.4 is 0 Å². The molecule has 66 valence electrons. The molecule has 0 unspecified atom stereocenters. The van der Waals surface area contributed by atoms with E-state index in [1.807, 2.05) is 0 Å². The highest BCUT2D eigenvalue weighted by Gasteiger charge is 2.29. The Morgan fingerprint density at radius 2 is 2.08 bits per heavy atom. The van der Waals surface area contributed by atoms with Gasteiger partial charge < -0.3 is 0 Å². The number of hydrogen-bond donors (Lipinski definition) is 0. The van der Waals surface area contributed by atoms with Gasteiger partial charge in [-0.05, 0) is 12.1 Å². The van der Waals surface area contributed by atoms with Crippen molar-refractivity contribution in [3.05, 3.63) is 29.0 Å². The third kappa shape index (κ3) is 2.70. The summed E-state index contributed by atoms with van der Waals surface area (Å²) in [6.45, 7) is 0. The van der Waals surface area contributed by atoms with E-state index in [0.29, 0.717) is 0 Å². The summed E-state index contributed by atoms with van der Waals surface area (Å²) in [5.74, 6) is 0. The third-order valence-electron chi connectivity index (χ3n) is 1.20. The van der Waals surface area contributed by atoms with Gasteiger partial charge in [-0.15, -0.1) is 0 Å². The zero-order chi connectivity index (χ0) is 9.19. The number of rotatable bonds is 1. The second-order valence-corrected chi connectivity index (χ2v) is 2.63. The number of pyridine rings is 1. The maximum atomic E-state index is 11.8. The van der Waals surface area contributed by atoms with Gasteiger partial charge in [-0.25, -0.2) is 0 Å². The molecule has 0 atom stereocenters. The first-order chi connectivity index (χ1) is 5.49. The molecule has 0 saturated carbocycles. The zero-order valence-electron chi connectivity index (χ0n) is 5.90. The maximum Gasteiger partial charge on any atom is 0.394 e. The van der Waals surface area contributed by atoms with E-state index >= 15 is 0 Å². The van der Waals surface area contributed by atoms with Gasteiger partial charge in [-0.2, -0.15) is 13.2 Å². The average Bonchev–Trinajstić information content (AvgIpc) is 1.91. The van der Waals surface area contributed by atoms with E-state index in [1.54, 1.807) is 0 Å². The number of hydrogen-bond acceptors (Lipinski definition) is 1. The Balaban J connectivity index is 2.83. The Hall–Kier alpha value is -0.770. The summed E-state index contributed by atoms with van der Waals surface area (Å²) in [7, 11) is 0. The SMILES string of the molecule is FC(F)(F)Cc1ncccc1Cl. The molecule has 5 heteroatoms. The lowest BCUT2D eigenvalue weighted by Crippen LogP contribution is -2.12. The summed E-state index contributed by atoms with van der Waals surface area (Å²) in [6.07, 6.45) is -4.04. The van der Waals surface area contributed by atoms with Crippen molar-refractivity contribution in [1.82, 2.24) is 4.98 Å². The third-order valence-corrected chi connectivity index (χ3v) is 1.55. The lowest BCUT2D eigenvalue weighted by atomic mass is 10.3. The van der Waals surface area contributed by atoms with Crippen molar-refractivity contribution in [2.75, 3.05) is 0 Å². The van der Waals surface area contributed by atoms with Gasteiger partial charge in [0.25, 0.3) is 0 Å². The molecule has 0 aliphatic carbocycles. The minimum absolute atomic E-state index is 0.0508. The maximum absolute atomic E-state index is 11.8. The van der Waals surface area contributed by atoms with Gasteiger partial charge in [0.15, 0.2) is 0 Å². The lowest BCUT2D eigenvalue weighted by Gasteiger charge is -2.05. The first kappa shape index (κ1) is 9.32. The van der Waals surface area contributed by atoms with E-state index in [1.165, 1.54) is 18.3 Å². The summed E-state index contributed by atoms with van der Waals surface area (Å²) < 4.78 is 35.5. The molecule has 0 radical (unpaired) electrons. The van der Waals surface area contributed by atoms with Gasteiger partial charge in [0.1, 0.15) is 0 Å². The van der Waals surface area contributed by atoms with Crippen LogP contribution in [0.4, 0.5) is 13.2 Å². The summed E-state index contributed by atoms with van der Waals surface area (Å²) in [6, 6.07) is 2.87. The molecule has 1 rings (SSSR count). The van der Waals surface area contributed by atoms with Crippen molar-refractivity contribution in [2.45, 2.75) is 12.6 Å². The highest BCUT2D eigenvalue weighted by molar-refractivity contribution is 6.31. The molecule has 1 aromatic heterocycles. The second kappa shape index (κ2) is 3.31. The zero-order valence-corrected chi connectivity index (χ0v) is 6.65. The molecule has 1 aromatic rings. The van der Waals surface area contributed by atoms with Crippen molar-refractivity contribution in [3.63, 3.8) is 0 Å². The highest BCUT2D eigenvalue weighted by atomic mass is 35.5. The van der Waals surface area contributed by atoms with Crippen LogP contribution in [-0.2, 0) is 6.42 Å².